The molecule has 4 aromatic rings. The molecule has 198 valence electrons. The topological polar surface area (TPSA) is 85.6 Å². The van der Waals surface area contributed by atoms with Gasteiger partial charge in [0.15, 0.2) is 11.5 Å². The number of nitrogens with zero attached hydrogens (tertiary/aromatic N) is 2. The molecule has 1 aromatic heterocycles. The van der Waals surface area contributed by atoms with E-state index in [-0.39, 0.29) is 0 Å². The molecule has 0 atom stereocenters. The van der Waals surface area contributed by atoms with Crippen LogP contribution in [-0.2, 0) is 19.8 Å². The minimum atomic E-state index is 0.304. The zero-order valence-electron chi connectivity index (χ0n) is 22.4. The smallest absolute Gasteiger partial charge is 0.161 e. The Labute approximate surface area is 228 Å². The van der Waals surface area contributed by atoms with Gasteiger partial charge in [-0.15, -0.1) is 0 Å². The van der Waals surface area contributed by atoms with Crippen molar-refractivity contribution in [1.29, 1.82) is 5.26 Å². The lowest BCUT2D eigenvalue weighted by Crippen LogP contribution is -2.15. The fraction of sp³-hybridized carbons (Fsp3) is 0.250. The third-order valence-corrected chi connectivity index (χ3v) is 6.73. The van der Waals surface area contributed by atoms with Gasteiger partial charge >= 0.3 is 0 Å². The van der Waals surface area contributed by atoms with Gasteiger partial charge in [0, 0.05) is 36.1 Å². The first kappa shape index (κ1) is 26.1. The fourth-order valence-electron chi connectivity index (χ4n) is 4.66. The van der Waals surface area contributed by atoms with E-state index < -0.39 is 0 Å². The van der Waals surface area contributed by atoms with E-state index >= 15 is 0 Å². The predicted molar refractivity (Wildman–Crippen MR) is 149 cm³/mol. The van der Waals surface area contributed by atoms with E-state index in [1.165, 1.54) is 0 Å². The number of benzene rings is 3. The molecule has 0 radical (unpaired) electrons. The maximum absolute atomic E-state index is 9.16. The molecule has 39 heavy (non-hydrogen) atoms. The van der Waals surface area contributed by atoms with Crippen molar-refractivity contribution in [2.45, 2.75) is 33.6 Å². The molecule has 0 fully saturated rings. The van der Waals surface area contributed by atoms with Crippen LogP contribution in [0.2, 0.25) is 0 Å². The quantitative estimate of drug-likeness (QED) is 0.294. The lowest BCUT2D eigenvalue weighted by atomic mass is 9.96. The van der Waals surface area contributed by atoms with Crippen LogP contribution in [0.5, 0.6) is 23.0 Å². The number of pyridine rings is 1. The lowest BCUT2D eigenvalue weighted by molar-refractivity contribution is 0.171. The van der Waals surface area contributed by atoms with Gasteiger partial charge in [-0.25, -0.2) is 0 Å². The van der Waals surface area contributed by atoms with E-state index in [4.69, 9.17) is 24.2 Å². The van der Waals surface area contributed by atoms with Crippen LogP contribution in [0.1, 0.15) is 33.4 Å². The summed E-state index contributed by atoms with van der Waals surface area (Å²) in [6.07, 6.45) is 3.25. The molecule has 5 rings (SSSR count). The summed E-state index contributed by atoms with van der Waals surface area (Å²) in [5, 5.41) is 12.4. The van der Waals surface area contributed by atoms with Crippen LogP contribution in [0, 0.1) is 25.2 Å². The van der Waals surface area contributed by atoms with E-state index in [0.29, 0.717) is 38.5 Å². The van der Waals surface area contributed by atoms with Gasteiger partial charge in [-0.1, -0.05) is 24.3 Å². The lowest BCUT2D eigenvalue weighted by Gasteiger charge is -2.20. The molecular weight excluding hydrogens is 490 g/mol. The summed E-state index contributed by atoms with van der Waals surface area (Å²) < 4.78 is 24.0. The SMILES string of the molecule is CNCc1cc(C)c(OCc2cccc(-c3ccc4c(c3)OCCO4)c2C)cc1OCc1cncc(C#N)c1. The highest BCUT2D eigenvalue weighted by Crippen LogP contribution is 2.36. The number of hydrogen-bond donors (Lipinski definition) is 1. The molecule has 2 heterocycles. The van der Waals surface area contributed by atoms with Crippen LogP contribution >= 0.6 is 0 Å². The molecule has 0 aliphatic carbocycles. The first-order valence-electron chi connectivity index (χ1n) is 12.9. The second-order valence-corrected chi connectivity index (χ2v) is 9.47. The number of aromatic nitrogens is 1. The van der Waals surface area contributed by atoms with Gasteiger partial charge in [-0.2, -0.15) is 5.26 Å². The normalized spacial score (nSPS) is 12.1. The van der Waals surface area contributed by atoms with Gasteiger partial charge in [-0.3, -0.25) is 4.98 Å². The minimum absolute atomic E-state index is 0.304. The van der Waals surface area contributed by atoms with Crippen molar-refractivity contribution in [2.24, 2.45) is 0 Å². The van der Waals surface area contributed by atoms with Crippen molar-refractivity contribution in [3.63, 3.8) is 0 Å². The van der Waals surface area contributed by atoms with Gasteiger partial charge in [0.2, 0.25) is 0 Å². The Kier molecular flexibility index (Phi) is 7.95. The highest BCUT2D eigenvalue weighted by atomic mass is 16.6. The molecule has 0 amide bonds. The minimum Gasteiger partial charge on any atom is -0.488 e. The average Bonchev–Trinajstić information content (AvgIpc) is 2.97. The third kappa shape index (κ3) is 5.97. The Morgan fingerprint density at radius 2 is 1.72 bits per heavy atom. The molecule has 0 saturated carbocycles. The van der Waals surface area contributed by atoms with Gasteiger partial charge in [0.25, 0.3) is 0 Å². The molecule has 1 aliphatic rings. The number of nitriles is 1. The molecule has 1 aliphatic heterocycles. The zero-order chi connectivity index (χ0) is 27.2. The molecule has 7 heteroatoms. The fourth-order valence-corrected chi connectivity index (χ4v) is 4.66. The van der Waals surface area contributed by atoms with Crippen LogP contribution in [-0.4, -0.2) is 25.2 Å². The number of ether oxygens (including phenoxy) is 4. The molecular formula is C32H31N3O4. The second-order valence-electron chi connectivity index (χ2n) is 9.47. The Morgan fingerprint density at radius 3 is 2.54 bits per heavy atom. The number of hydrogen-bond acceptors (Lipinski definition) is 7. The molecule has 0 saturated heterocycles. The van der Waals surface area contributed by atoms with Crippen molar-refractivity contribution in [3.8, 4) is 40.2 Å². The number of aryl methyl sites for hydroxylation is 1. The van der Waals surface area contributed by atoms with E-state index in [2.05, 4.69) is 53.6 Å². The molecule has 7 nitrogen and oxygen atoms in total. The largest absolute Gasteiger partial charge is 0.488 e. The van der Waals surface area contributed by atoms with Crippen LogP contribution < -0.4 is 24.3 Å². The maximum atomic E-state index is 9.16. The Bertz CT molecular complexity index is 1530. The number of nitrogens with one attached hydrogen (secondary N) is 1. The molecule has 0 spiro atoms. The van der Waals surface area contributed by atoms with Gasteiger partial charge < -0.3 is 24.3 Å². The molecule has 0 bridgehead atoms. The zero-order valence-corrected chi connectivity index (χ0v) is 22.4. The van der Waals surface area contributed by atoms with E-state index in [1.807, 2.05) is 32.2 Å². The standard InChI is InChI=1S/C32H31N3O4/c1-21-11-27(18-34-3)31(38-19-24-12-23(15-33)16-35-17-24)14-30(21)39-20-26-5-4-6-28(22(26)2)25-7-8-29-32(13-25)37-10-9-36-29/h4-8,11-14,16-17,34H,9-10,18-20H2,1-3H3. The van der Waals surface area contributed by atoms with Crippen LogP contribution in [0.3, 0.4) is 0 Å². The van der Waals surface area contributed by atoms with Crippen LogP contribution in [0.25, 0.3) is 11.1 Å². The van der Waals surface area contributed by atoms with Gasteiger partial charge in [-0.05, 0) is 73.0 Å². The number of rotatable bonds is 9. The highest BCUT2D eigenvalue weighted by Gasteiger charge is 2.15. The van der Waals surface area contributed by atoms with Crippen molar-refractivity contribution >= 4 is 0 Å². The average molecular weight is 522 g/mol. The van der Waals surface area contributed by atoms with E-state index in [0.717, 1.165) is 61.9 Å². The summed E-state index contributed by atoms with van der Waals surface area (Å²) in [5.41, 5.74) is 7.86. The van der Waals surface area contributed by atoms with Crippen molar-refractivity contribution in [1.82, 2.24) is 10.3 Å². The monoisotopic (exact) mass is 521 g/mol. The third-order valence-electron chi connectivity index (χ3n) is 6.73. The molecule has 3 aromatic carbocycles. The van der Waals surface area contributed by atoms with Crippen molar-refractivity contribution in [2.75, 3.05) is 20.3 Å². The summed E-state index contributed by atoms with van der Waals surface area (Å²) in [6.45, 7) is 6.67. The van der Waals surface area contributed by atoms with Gasteiger partial charge in [0.1, 0.15) is 44.0 Å². The van der Waals surface area contributed by atoms with Gasteiger partial charge in [0.05, 0.1) is 5.56 Å². The van der Waals surface area contributed by atoms with E-state index in [9.17, 15) is 0 Å². The summed E-state index contributed by atoms with van der Waals surface area (Å²) in [5.74, 6) is 3.05. The molecule has 1 N–H and O–H groups in total. The summed E-state index contributed by atoms with van der Waals surface area (Å²) in [4.78, 5) is 4.13. The summed E-state index contributed by atoms with van der Waals surface area (Å²) in [7, 11) is 1.90. The predicted octanol–water partition coefficient (Wildman–Crippen LogP) is 5.89. The van der Waals surface area contributed by atoms with Crippen LogP contribution in [0.4, 0.5) is 0 Å². The summed E-state index contributed by atoms with van der Waals surface area (Å²) in [6, 6.07) is 20.3. The Morgan fingerprint density at radius 1 is 0.897 bits per heavy atom. The van der Waals surface area contributed by atoms with Crippen molar-refractivity contribution in [3.05, 3.63) is 100 Å². The van der Waals surface area contributed by atoms with E-state index in [1.54, 1.807) is 18.5 Å². The highest BCUT2D eigenvalue weighted by molar-refractivity contribution is 5.71. The first-order chi connectivity index (χ1) is 19.1. The Hall–Kier alpha value is -4.54. The molecule has 0 unspecified atom stereocenters. The van der Waals surface area contributed by atoms with Crippen molar-refractivity contribution < 1.29 is 18.9 Å². The Balaban J connectivity index is 1.35. The second kappa shape index (κ2) is 11.9. The first-order valence-corrected chi connectivity index (χ1v) is 12.9. The summed E-state index contributed by atoms with van der Waals surface area (Å²) >= 11 is 0. The number of fused-ring (bicyclic) bond motifs is 1. The maximum Gasteiger partial charge on any atom is 0.161 e. The van der Waals surface area contributed by atoms with Crippen LogP contribution in [0.15, 0.2) is 67.0 Å².